The van der Waals surface area contributed by atoms with Crippen molar-refractivity contribution in [3.8, 4) is 0 Å². The van der Waals surface area contributed by atoms with Gasteiger partial charge in [0.25, 0.3) is 0 Å². The monoisotopic (exact) mass is 205 g/mol. The molecule has 2 N–H and O–H groups in total. The molecule has 15 heavy (non-hydrogen) atoms. The van der Waals surface area contributed by atoms with Crippen molar-refractivity contribution in [2.45, 2.75) is 24.8 Å². The number of nitrogens with two attached hydrogens (primary N) is 1. The lowest BCUT2D eigenvalue weighted by molar-refractivity contribution is 0.190. The fraction of sp³-hybridized carbons (Fsp3) is 0.583. The van der Waals surface area contributed by atoms with Gasteiger partial charge in [-0.25, -0.2) is 0 Å². The van der Waals surface area contributed by atoms with Crippen molar-refractivity contribution in [2.24, 2.45) is 5.73 Å². The summed E-state index contributed by atoms with van der Waals surface area (Å²) in [4.78, 5) is 6.37. The second kappa shape index (κ2) is 4.29. The number of hydrogen-bond donors (Lipinski definition) is 1. The van der Waals surface area contributed by atoms with Crippen molar-refractivity contribution in [3.63, 3.8) is 0 Å². The Labute approximate surface area is 91.3 Å². The average Bonchev–Trinajstić information content (AvgIpc) is 2.24. The van der Waals surface area contributed by atoms with Crippen LogP contribution in [-0.4, -0.2) is 35.6 Å². The zero-order valence-electron chi connectivity index (χ0n) is 9.32. The van der Waals surface area contributed by atoms with E-state index in [2.05, 4.69) is 29.1 Å². The second-order valence-corrected chi connectivity index (χ2v) is 4.70. The minimum Gasteiger partial charge on any atom is -0.325 e. The van der Waals surface area contributed by atoms with Gasteiger partial charge in [0, 0.05) is 17.9 Å². The lowest BCUT2D eigenvalue weighted by Crippen LogP contribution is -2.50. The summed E-state index contributed by atoms with van der Waals surface area (Å²) in [6.07, 6.45) is 6.84. The number of aromatic nitrogens is 1. The molecule has 1 fully saturated rings. The normalized spacial score (nSPS) is 21.5. The molecule has 0 aliphatic carbocycles. The summed E-state index contributed by atoms with van der Waals surface area (Å²) in [6, 6.07) is 4.12. The highest BCUT2D eigenvalue weighted by Gasteiger charge is 2.29. The molecule has 1 aromatic rings. The van der Waals surface area contributed by atoms with Crippen LogP contribution >= 0.6 is 0 Å². The van der Waals surface area contributed by atoms with E-state index in [0.29, 0.717) is 0 Å². The van der Waals surface area contributed by atoms with Crippen molar-refractivity contribution >= 4 is 0 Å². The average molecular weight is 205 g/mol. The molecule has 0 saturated carbocycles. The largest absolute Gasteiger partial charge is 0.325 e. The molecular weight excluding hydrogens is 186 g/mol. The molecule has 1 saturated heterocycles. The van der Waals surface area contributed by atoms with Crippen LogP contribution in [0.4, 0.5) is 0 Å². The van der Waals surface area contributed by atoms with Crippen LogP contribution in [0.15, 0.2) is 24.5 Å². The molecule has 2 rings (SSSR count). The van der Waals surface area contributed by atoms with Gasteiger partial charge in [0.1, 0.15) is 0 Å². The van der Waals surface area contributed by atoms with Crippen molar-refractivity contribution in [1.82, 2.24) is 9.88 Å². The number of pyridine rings is 1. The van der Waals surface area contributed by atoms with Crippen LogP contribution in [0.2, 0.25) is 0 Å². The highest BCUT2D eigenvalue weighted by molar-refractivity contribution is 5.14. The number of nitrogens with zero attached hydrogens (tertiary/aromatic N) is 2. The number of rotatable bonds is 2. The van der Waals surface area contributed by atoms with E-state index in [0.717, 1.165) is 32.4 Å². The van der Waals surface area contributed by atoms with Gasteiger partial charge in [-0.3, -0.25) is 4.98 Å². The highest BCUT2D eigenvalue weighted by Crippen LogP contribution is 2.22. The predicted octanol–water partition coefficient (Wildman–Crippen LogP) is 1.05. The number of hydrogen-bond acceptors (Lipinski definition) is 3. The third-order valence-corrected chi connectivity index (χ3v) is 3.29. The lowest BCUT2D eigenvalue weighted by Gasteiger charge is -2.37. The molecule has 1 aliphatic heterocycles. The number of likely N-dealkylation sites (tertiary alicyclic amines) is 1. The Hall–Kier alpha value is -0.930. The van der Waals surface area contributed by atoms with E-state index in [4.69, 9.17) is 5.73 Å². The SMILES string of the molecule is CN1CCC(N)(Cc2ccncc2)CC1. The second-order valence-electron chi connectivity index (χ2n) is 4.70. The zero-order chi connectivity index (χ0) is 10.7. The van der Waals surface area contributed by atoms with E-state index < -0.39 is 0 Å². The van der Waals surface area contributed by atoms with Crippen LogP contribution in [0, 0.1) is 0 Å². The van der Waals surface area contributed by atoms with Crippen LogP contribution in [0.25, 0.3) is 0 Å². The van der Waals surface area contributed by atoms with Gasteiger partial charge < -0.3 is 10.6 Å². The van der Waals surface area contributed by atoms with Crippen LogP contribution in [0.3, 0.4) is 0 Å². The maximum Gasteiger partial charge on any atom is 0.0270 e. The van der Waals surface area contributed by atoms with Gasteiger partial charge in [0.05, 0.1) is 0 Å². The molecule has 0 spiro atoms. The van der Waals surface area contributed by atoms with Gasteiger partial charge in [-0.2, -0.15) is 0 Å². The molecule has 3 nitrogen and oxygen atoms in total. The summed E-state index contributed by atoms with van der Waals surface area (Å²) in [5.41, 5.74) is 7.70. The molecule has 0 amide bonds. The van der Waals surface area contributed by atoms with E-state index in [1.807, 2.05) is 12.4 Å². The van der Waals surface area contributed by atoms with Crippen LogP contribution in [0.1, 0.15) is 18.4 Å². The van der Waals surface area contributed by atoms with E-state index in [-0.39, 0.29) is 5.54 Å². The molecule has 0 radical (unpaired) electrons. The topological polar surface area (TPSA) is 42.1 Å². The van der Waals surface area contributed by atoms with Gasteiger partial charge >= 0.3 is 0 Å². The first kappa shape index (κ1) is 10.6. The van der Waals surface area contributed by atoms with E-state index >= 15 is 0 Å². The summed E-state index contributed by atoms with van der Waals surface area (Å²) in [5.74, 6) is 0. The third kappa shape index (κ3) is 2.76. The molecule has 82 valence electrons. The van der Waals surface area contributed by atoms with Crippen molar-refractivity contribution < 1.29 is 0 Å². The van der Waals surface area contributed by atoms with Crippen molar-refractivity contribution in [2.75, 3.05) is 20.1 Å². The predicted molar refractivity (Wildman–Crippen MR) is 61.6 cm³/mol. The van der Waals surface area contributed by atoms with Gasteiger partial charge in [-0.15, -0.1) is 0 Å². The van der Waals surface area contributed by atoms with E-state index in [1.165, 1.54) is 5.56 Å². The fourth-order valence-corrected chi connectivity index (χ4v) is 2.15. The Morgan fingerprint density at radius 3 is 2.53 bits per heavy atom. The Bertz CT molecular complexity index is 302. The summed E-state index contributed by atoms with van der Waals surface area (Å²) in [6.45, 7) is 2.23. The minimum absolute atomic E-state index is 0.00609. The Balaban J connectivity index is 1.99. The zero-order valence-corrected chi connectivity index (χ0v) is 9.32. The fourth-order valence-electron chi connectivity index (χ4n) is 2.15. The molecule has 0 unspecified atom stereocenters. The summed E-state index contributed by atoms with van der Waals surface area (Å²) in [5, 5.41) is 0. The molecule has 0 aromatic carbocycles. The summed E-state index contributed by atoms with van der Waals surface area (Å²) < 4.78 is 0. The van der Waals surface area contributed by atoms with Gasteiger partial charge in [-0.1, -0.05) is 0 Å². The molecule has 0 atom stereocenters. The Morgan fingerprint density at radius 1 is 1.33 bits per heavy atom. The van der Waals surface area contributed by atoms with Gasteiger partial charge in [0.15, 0.2) is 0 Å². The molecule has 0 bridgehead atoms. The Morgan fingerprint density at radius 2 is 1.93 bits per heavy atom. The van der Waals surface area contributed by atoms with Crippen molar-refractivity contribution in [3.05, 3.63) is 30.1 Å². The first-order valence-electron chi connectivity index (χ1n) is 5.54. The third-order valence-electron chi connectivity index (χ3n) is 3.29. The van der Waals surface area contributed by atoms with E-state index in [9.17, 15) is 0 Å². The van der Waals surface area contributed by atoms with Crippen LogP contribution in [-0.2, 0) is 6.42 Å². The maximum absolute atomic E-state index is 6.41. The van der Waals surface area contributed by atoms with Gasteiger partial charge in [-0.05, 0) is 57.1 Å². The minimum atomic E-state index is -0.00609. The molecule has 1 aliphatic rings. The smallest absolute Gasteiger partial charge is 0.0270 e. The van der Waals surface area contributed by atoms with E-state index in [1.54, 1.807) is 0 Å². The van der Waals surface area contributed by atoms with Crippen molar-refractivity contribution in [1.29, 1.82) is 0 Å². The Kier molecular flexibility index (Phi) is 3.03. The van der Waals surface area contributed by atoms with Gasteiger partial charge in [0.2, 0.25) is 0 Å². The molecule has 2 heterocycles. The summed E-state index contributed by atoms with van der Waals surface area (Å²) >= 11 is 0. The first-order chi connectivity index (χ1) is 7.18. The molecular formula is C12H19N3. The highest BCUT2D eigenvalue weighted by atomic mass is 15.1. The standard InChI is InChI=1S/C12H19N3/c1-15-8-4-12(13,5-9-15)10-11-2-6-14-7-3-11/h2-3,6-7H,4-5,8-10,13H2,1H3. The number of piperidine rings is 1. The lowest BCUT2D eigenvalue weighted by atomic mass is 9.83. The molecule has 3 heteroatoms. The maximum atomic E-state index is 6.41. The van der Waals surface area contributed by atoms with Crippen LogP contribution < -0.4 is 5.73 Å². The van der Waals surface area contributed by atoms with Crippen LogP contribution in [0.5, 0.6) is 0 Å². The molecule has 1 aromatic heterocycles. The quantitative estimate of drug-likeness (QED) is 0.784. The first-order valence-corrected chi connectivity index (χ1v) is 5.54. The summed E-state index contributed by atoms with van der Waals surface area (Å²) in [7, 11) is 2.16.